The number of nitrogens with one attached hydrogen (secondary N) is 1. The fourth-order valence-corrected chi connectivity index (χ4v) is 3.07. The van der Waals surface area contributed by atoms with Gasteiger partial charge in [0.2, 0.25) is 0 Å². The second kappa shape index (κ2) is 5.45. The third-order valence-electron chi connectivity index (χ3n) is 4.26. The largest absolute Gasteiger partial charge is 0.385 e. The first-order valence-electron chi connectivity index (χ1n) is 6.35. The number of hydrogen-bond acceptors (Lipinski definition) is 4. The molecule has 0 bridgehead atoms. The Bertz CT molecular complexity index is 217. The Morgan fingerprint density at radius 3 is 2.81 bits per heavy atom. The first-order valence-corrected chi connectivity index (χ1v) is 6.35. The first kappa shape index (κ1) is 12.3. The van der Waals surface area contributed by atoms with E-state index in [2.05, 4.69) is 5.32 Å². The van der Waals surface area contributed by atoms with Gasteiger partial charge in [0.1, 0.15) is 0 Å². The standard InChI is InChI=1S/C12H24N2O2/c1-15-6-2-5-14-11-9-10(13)12(11)3-7-16-8-4-12/h10-11,14H,2-9,13H2,1H3. The van der Waals surface area contributed by atoms with Crippen molar-refractivity contribution in [1.29, 1.82) is 0 Å². The van der Waals surface area contributed by atoms with Crippen LogP contribution in [0.2, 0.25) is 0 Å². The fourth-order valence-electron chi connectivity index (χ4n) is 3.07. The van der Waals surface area contributed by atoms with E-state index in [0.29, 0.717) is 17.5 Å². The van der Waals surface area contributed by atoms with Gasteiger partial charge in [0, 0.05) is 44.4 Å². The van der Waals surface area contributed by atoms with Gasteiger partial charge in [0.15, 0.2) is 0 Å². The summed E-state index contributed by atoms with van der Waals surface area (Å²) in [5.41, 5.74) is 6.51. The van der Waals surface area contributed by atoms with Crippen LogP contribution in [0.3, 0.4) is 0 Å². The maximum Gasteiger partial charge on any atom is 0.0474 e. The molecule has 0 radical (unpaired) electrons. The molecule has 2 rings (SSSR count). The van der Waals surface area contributed by atoms with E-state index in [1.165, 1.54) is 0 Å². The molecule has 0 amide bonds. The summed E-state index contributed by atoms with van der Waals surface area (Å²) in [7, 11) is 1.75. The van der Waals surface area contributed by atoms with Crippen molar-refractivity contribution in [3.63, 3.8) is 0 Å². The molecule has 2 aliphatic rings. The molecule has 16 heavy (non-hydrogen) atoms. The van der Waals surface area contributed by atoms with E-state index >= 15 is 0 Å². The number of hydrogen-bond donors (Lipinski definition) is 2. The Kier molecular flexibility index (Phi) is 4.19. The van der Waals surface area contributed by atoms with Crippen molar-refractivity contribution in [1.82, 2.24) is 5.32 Å². The van der Waals surface area contributed by atoms with Crippen molar-refractivity contribution in [2.75, 3.05) is 33.5 Å². The summed E-state index contributed by atoms with van der Waals surface area (Å²) in [6, 6.07) is 0.972. The second-order valence-corrected chi connectivity index (χ2v) is 5.04. The third kappa shape index (κ3) is 2.25. The molecule has 1 saturated carbocycles. The highest BCUT2D eigenvalue weighted by atomic mass is 16.5. The molecule has 0 aromatic carbocycles. The van der Waals surface area contributed by atoms with Crippen LogP contribution < -0.4 is 11.1 Å². The van der Waals surface area contributed by atoms with Crippen molar-refractivity contribution < 1.29 is 9.47 Å². The van der Waals surface area contributed by atoms with Gasteiger partial charge >= 0.3 is 0 Å². The summed E-state index contributed by atoms with van der Waals surface area (Å²) in [5.74, 6) is 0. The maximum atomic E-state index is 6.19. The van der Waals surface area contributed by atoms with Gasteiger partial charge in [0.05, 0.1) is 0 Å². The van der Waals surface area contributed by atoms with Crippen molar-refractivity contribution in [3.05, 3.63) is 0 Å². The number of rotatable bonds is 5. The van der Waals surface area contributed by atoms with E-state index in [9.17, 15) is 0 Å². The SMILES string of the molecule is COCCCNC1CC(N)C12CCOCC2. The Balaban J connectivity index is 1.77. The predicted octanol–water partition coefficient (Wildman–Crippen LogP) is 0.509. The molecule has 0 aromatic heterocycles. The summed E-state index contributed by atoms with van der Waals surface area (Å²) in [6.45, 7) is 3.63. The molecule has 1 aliphatic heterocycles. The highest BCUT2D eigenvalue weighted by Crippen LogP contribution is 2.47. The van der Waals surface area contributed by atoms with Crippen LogP contribution in [0.1, 0.15) is 25.7 Å². The lowest BCUT2D eigenvalue weighted by Crippen LogP contribution is -2.68. The van der Waals surface area contributed by atoms with Crippen LogP contribution in [0.15, 0.2) is 0 Å². The number of methoxy groups -OCH3 is 1. The van der Waals surface area contributed by atoms with Crippen LogP contribution in [0.4, 0.5) is 0 Å². The highest BCUT2D eigenvalue weighted by Gasteiger charge is 2.53. The summed E-state index contributed by atoms with van der Waals surface area (Å²) in [5, 5.41) is 3.63. The zero-order chi connectivity index (χ0) is 11.4. The van der Waals surface area contributed by atoms with E-state index in [1.54, 1.807) is 7.11 Å². The molecule has 1 spiro atoms. The van der Waals surface area contributed by atoms with Crippen LogP contribution in [0, 0.1) is 5.41 Å². The van der Waals surface area contributed by atoms with Crippen LogP contribution in [-0.2, 0) is 9.47 Å². The topological polar surface area (TPSA) is 56.5 Å². The van der Waals surface area contributed by atoms with Gasteiger partial charge in [-0.05, 0) is 32.2 Å². The molecular weight excluding hydrogens is 204 g/mol. The Hall–Kier alpha value is -0.160. The van der Waals surface area contributed by atoms with Crippen LogP contribution in [0.5, 0.6) is 0 Å². The van der Waals surface area contributed by atoms with E-state index in [-0.39, 0.29) is 0 Å². The molecule has 1 aliphatic carbocycles. The van der Waals surface area contributed by atoms with Crippen molar-refractivity contribution >= 4 is 0 Å². The average Bonchev–Trinajstić information content (AvgIpc) is 2.34. The molecule has 94 valence electrons. The molecule has 4 nitrogen and oxygen atoms in total. The first-order chi connectivity index (χ1) is 7.79. The van der Waals surface area contributed by atoms with Gasteiger partial charge in [0.25, 0.3) is 0 Å². The molecule has 2 fully saturated rings. The lowest BCUT2D eigenvalue weighted by molar-refractivity contribution is -0.0709. The summed E-state index contributed by atoms with van der Waals surface area (Å²) in [6.07, 6.45) is 4.44. The third-order valence-corrected chi connectivity index (χ3v) is 4.26. The molecule has 0 aromatic rings. The van der Waals surface area contributed by atoms with E-state index < -0.39 is 0 Å². The van der Waals surface area contributed by atoms with E-state index in [4.69, 9.17) is 15.2 Å². The summed E-state index contributed by atoms with van der Waals surface area (Å²) in [4.78, 5) is 0. The van der Waals surface area contributed by atoms with Gasteiger partial charge in [-0.2, -0.15) is 0 Å². The lowest BCUT2D eigenvalue weighted by atomic mass is 9.56. The fraction of sp³-hybridized carbons (Fsp3) is 1.00. The summed E-state index contributed by atoms with van der Waals surface area (Å²) < 4.78 is 10.5. The van der Waals surface area contributed by atoms with Gasteiger partial charge in [-0.25, -0.2) is 0 Å². The maximum absolute atomic E-state index is 6.19. The smallest absolute Gasteiger partial charge is 0.0474 e. The molecular formula is C12H24N2O2. The minimum Gasteiger partial charge on any atom is -0.385 e. The minimum absolute atomic E-state index is 0.325. The quantitative estimate of drug-likeness (QED) is 0.673. The molecule has 3 N–H and O–H groups in total. The Morgan fingerprint density at radius 2 is 2.19 bits per heavy atom. The Labute approximate surface area is 97.9 Å². The van der Waals surface area contributed by atoms with Crippen molar-refractivity contribution in [2.45, 2.75) is 37.8 Å². The average molecular weight is 228 g/mol. The monoisotopic (exact) mass is 228 g/mol. The Morgan fingerprint density at radius 1 is 1.44 bits per heavy atom. The lowest BCUT2D eigenvalue weighted by Gasteiger charge is -2.57. The number of ether oxygens (including phenoxy) is 2. The predicted molar refractivity (Wildman–Crippen MR) is 63.4 cm³/mol. The second-order valence-electron chi connectivity index (χ2n) is 5.04. The van der Waals surface area contributed by atoms with Crippen molar-refractivity contribution in [2.24, 2.45) is 11.1 Å². The van der Waals surface area contributed by atoms with E-state index in [1.807, 2.05) is 0 Å². The highest BCUT2D eigenvalue weighted by molar-refractivity contribution is 5.09. The normalized spacial score (nSPS) is 32.6. The zero-order valence-electron chi connectivity index (χ0n) is 10.2. The van der Waals surface area contributed by atoms with Gasteiger partial charge < -0.3 is 20.5 Å². The minimum atomic E-state index is 0.325. The van der Waals surface area contributed by atoms with E-state index in [0.717, 1.165) is 52.0 Å². The molecule has 4 heteroatoms. The van der Waals surface area contributed by atoms with Gasteiger partial charge in [-0.3, -0.25) is 0 Å². The van der Waals surface area contributed by atoms with Crippen LogP contribution in [0.25, 0.3) is 0 Å². The summed E-state index contributed by atoms with van der Waals surface area (Å²) >= 11 is 0. The van der Waals surface area contributed by atoms with Crippen molar-refractivity contribution in [3.8, 4) is 0 Å². The number of nitrogens with two attached hydrogens (primary N) is 1. The molecule has 2 unspecified atom stereocenters. The van der Waals surface area contributed by atoms with Gasteiger partial charge in [-0.1, -0.05) is 0 Å². The van der Waals surface area contributed by atoms with Gasteiger partial charge in [-0.15, -0.1) is 0 Å². The molecule has 1 heterocycles. The van der Waals surface area contributed by atoms with Crippen LogP contribution in [-0.4, -0.2) is 45.6 Å². The molecule has 1 saturated heterocycles. The van der Waals surface area contributed by atoms with Crippen LogP contribution >= 0.6 is 0 Å². The molecule has 2 atom stereocenters. The zero-order valence-corrected chi connectivity index (χ0v) is 10.2.